The molecule has 2 atom stereocenters. The number of hydrogen-bond acceptors (Lipinski definition) is 2. The van der Waals surface area contributed by atoms with Gasteiger partial charge in [0.2, 0.25) is 0 Å². The van der Waals surface area contributed by atoms with Crippen LogP contribution in [0.3, 0.4) is 0 Å². The van der Waals surface area contributed by atoms with Gasteiger partial charge in [-0.15, -0.1) is 0 Å². The molecule has 2 unspecified atom stereocenters. The van der Waals surface area contributed by atoms with E-state index in [0.717, 1.165) is 13.1 Å². The maximum atomic E-state index is 9.96. The molecule has 2 nitrogen and oxygen atoms in total. The largest absolute Gasteiger partial charge is 0.392 e. The Bertz CT molecular complexity index is 167. The Balaban J connectivity index is 2.03. The second kappa shape index (κ2) is 3.58. The van der Waals surface area contributed by atoms with Gasteiger partial charge in [-0.2, -0.15) is 0 Å². The smallest absolute Gasteiger partial charge is 0.0620 e. The molecule has 0 aromatic carbocycles. The van der Waals surface area contributed by atoms with Crippen molar-refractivity contribution in [3.8, 4) is 0 Å². The highest BCUT2D eigenvalue weighted by Gasteiger charge is 2.38. The van der Waals surface area contributed by atoms with Crippen molar-refractivity contribution in [3.63, 3.8) is 0 Å². The minimum absolute atomic E-state index is 0.00347. The van der Waals surface area contributed by atoms with Crippen LogP contribution in [0.2, 0.25) is 0 Å². The zero-order valence-electron chi connectivity index (χ0n) is 8.74. The Morgan fingerprint density at radius 2 is 1.69 bits per heavy atom. The average molecular weight is 183 g/mol. The lowest BCUT2D eigenvalue weighted by Gasteiger charge is -2.46. The van der Waals surface area contributed by atoms with Crippen molar-refractivity contribution in [2.45, 2.75) is 45.3 Å². The van der Waals surface area contributed by atoms with Crippen molar-refractivity contribution in [3.05, 3.63) is 0 Å². The molecule has 2 rings (SSSR count). The van der Waals surface area contributed by atoms with Gasteiger partial charge >= 0.3 is 0 Å². The monoisotopic (exact) mass is 183 g/mol. The predicted molar refractivity (Wildman–Crippen MR) is 53.5 cm³/mol. The summed E-state index contributed by atoms with van der Waals surface area (Å²) in [5.41, 5.74) is 0. The van der Waals surface area contributed by atoms with Crippen molar-refractivity contribution in [2.24, 2.45) is 11.8 Å². The molecule has 1 aliphatic carbocycles. The number of rotatable bonds is 1. The standard InChI is InChI=1S/C11H21NO/c1-8(2)12-6-9-4-3-5-10(7-12)11(9)13/h8-11,13H,3-7H2,1-2H3. The number of nitrogens with zero attached hydrogens (tertiary/aromatic N) is 1. The van der Waals surface area contributed by atoms with Crippen molar-refractivity contribution < 1.29 is 5.11 Å². The Morgan fingerprint density at radius 1 is 1.15 bits per heavy atom. The summed E-state index contributed by atoms with van der Waals surface area (Å²) < 4.78 is 0. The molecular formula is C11H21NO. The van der Waals surface area contributed by atoms with Gasteiger partial charge in [-0.25, -0.2) is 0 Å². The molecule has 0 aromatic rings. The van der Waals surface area contributed by atoms with E-state index < -0.39 is 0 Å². The maximum absolute atomic E-state index is 9.96. The summed E-state index contributed by atoms with van der Waals surface area (Å²) >= 11 is 0. The summed E-state index contributed by atoms with van der Waals surface area (Å²) in [7, 11) is 0. The van der Waals surface area contributed by atoms with Crippen LogP contribution in [0, 0.1) is 11.8 Å². The fourth-order valence-electron chi connectivity index (χ4n) is 2.87. The maximum Gasteiger partial charge on any atom is 0.0620 e. The summed E-state index contributed by atoms with van der Waals surface area (Å²) in [5, 5.41) is 9.96. The van der Waals surface area contributed by atoms with Gasteiger partial charge in [0, 0.05) is 19.1 Å². The molecule has 0 spiro atoms. The highest BCUT2D eigenvalue weighted by atomic mass is 16.3. The van der Waals surface area contributed by atoms with Gasteiger partial charge in [0.1, 0.15) is 0 Å². The average Bonchev–Trinajstić information content (AvgIpc) is 2.02. The van der Waals surface area contributed by atoms with Crippen LogP contribution in [-0.4, -0.2) is 35.2 Å². The topological polar surface area (TPSA) is 23.5 Å². The molecule has 0 radical (unpaired) electrons. The first kappa shape index (κ1) is 9.47. The summed E-state index contributed by atoms with van der Waals surface area (Å²) in [6.07, 6.45) is 3.81. The van der Waals surface area contributed by atoms with E-state index in [1.54, 1.807) is 0 Å². The number of aliphatic hydroxyl groups excluding tert-OH is 1. The molecular weight excluding hydrogens is 162 g/mol. The zero-order valence-corrected chi connectivity index (χ0v) is 8.74. The fraction of sp³-hybridized carbons (Fsp3) is 1.00. The third-order valence-electron chi connectivity index (χ3n) is 3.78. The van der Waals surface area contributed by atoms with E-state index in [0.29, 0.717) is 17.9 Å². The van der Waals surface area contributed by atoms with Crippen LogP contribution in [0.5, 0.6) is 0 Å². The van der Waals surface area contributed by atoms with Gasteiger partial charge in [0.05, 0.1) is 6.10 Å². The SMILES string of the molecule is CC(C)N1CC2CCCC(C1)C2O. The number of fused-ring (bicyclic) bond motifs is 2. The number of aliphatic hydroxyl groups is 1. The first-order valence-electron chi connectivity index (χ1n) is 5.60. The van der Waals surface area contributed by atoms with Crippen LogP contribution in [0.4, 0.5) is 0 Å². The zero-order chi connectivity index (χ0) is 9.42. The summed E-state index contributed by atoms with van der Waals surface area (Å²) in [6.45, 7) is 6.76. The van der Waals surface area contributed by atoms with Crippen LogP contribution >= 0.6 is 0 Å². The van der Waals surface area contributed by atoms with E-state index in [9.17, 15) is 5.11 Å². The van der Waals surface area contributed by atoms with Crippen molar-refractivity contribution in [2.75, 3.05) is 13.1 Å². The van der Waals surface area contributed by atoms with E-state index in [1.807, 2.05) is 0 Å². The van der Waals surface area contributed by atoms with Gasteiger partial charge in [-0.1, -0.05) is 6.42 Å². The molecule has 1 saturated heterocycles. The van der Waals surface area contributed by atoms with Crippen molar-refractivity contribution in [1.29, 1.82) is 0 Å². The summed E-state index contributed by atoms with van der Waals surface area (Å²) in [6, 6.07) is 0.649. The lowest BCUT2D eigenvalue weighted by Crippen LogP contribution is -2.53. The van der Waals surface area contributed by atoms with Crippen LogP contribution < -0.4 is 0 Å². The first-order chi connectivity index (χ1) is 6.18. The molecule has 1 aliphatic heterocycles. The lowest BCUT2D eigenvalue weighted by atomic mass is 9.75. The summed E-state index contributed by atoms with van der Waals surface area (Å²) in [5.74, 6) is 1.13. The lowest BCUT2D eigenvalue weighted by molar-refractivity contribution is -0.0575. The molecule has 2 fully saturated rings. The Morgan fingerprint density at radius 3 is 2.15 bits per heavy atom. The third-order valence-corrected chi connectivity index (χ3v) is 3.78. The van der Waals surface area contributed by atoms with Crippen LogP contribution in [0.1, 0.15) is 33.1 Å². The Labute approximate surface area is 80.9 Å². The molecule has 1 saturated carbocycles. The third kappa shape index (κ3) is 1.75. The second-order valence-electron chi connectivity index (χ2n) is 4.99. The van der Waals surface area contributed by atoms with Crippen LogP contribution in [0.15, 0.2) is 0 Å². The molecule has 2 heteroatoms. The van der Waals surface area contributed by atoms with E-state index in [-0.39, 0.29) is 6.10 Å². The molecule has 76 valence electrons. The minimum Gasteiger partial charge on any atom is -0.392 e. The van der Waals surface area contributed by atoms with E-state index >= 15 is 0 Å². The Kier molecular flexibility index (Phi) is 2.61. The normalized spacial score (nSPS) is 41.1. The predicted octanol–water partition coefficient (Wildman–Crippen LogP) is 1.49. The summed E-state index contributed by atoms with van der Waals surface area (Å²) in [4.78, 5) is 2.53. The van der Waals surface area contributed by atoms with E-state index in [1.165, 1.54) is 19.3 Å². The van der Waals surface area contributed by atoms with Gasteiger partial charge in [0.15, 0.2) is 0 Å². The molecule has 1 N–H and O–H groups in total. The first-order valence-corrected chi connectivity index (χ1v) is 5.60. The molecule has 13 heavy (non-hydrogen) atoms. The molecule has 2 aliphatic rings. The van der Waals surface area contributed by atoms with Crippen molar-refractivity contribution in [1.82, 2.24) is 4.90 Å². The van der Waals surface area contributed by atoms with Crippen molar-refractivity contribution >= 4 is 0 Å². The van der Waals surface area contributed by atoms with Gasteiger partial charge in [-0.05, 0) is 38.5 Å². The van der Waals surface area contributed by atoms with Gasteiger partial charge in [-0.3, -0.25) is 0 Å². The van der Waals surface area contributed by atoms with Crippen LogP contribution in [-0.2, 0) is 0 Å². The van der Waals surface area contributed by atoms with E-state index in [2.05, 4.69) is 18.7 Å². The van der Waals surface area contributed by atoms with E-state index in [4.69, 9.17) is 0 Å². The molecule has 1 heterocycles. The van der Waals surface area contributed by atoms with Gasteiger partial charge < -0.3 is 10.0 Å². The minimum atomic E-state index is 0.00347. The number of likely N-dealkylation sites (tertiary alicyclic amines) is 1. The molecule has 2 bridgehead atoms. The second-order valence-corrected chi connectivity index (χ2v) is 4.99. The molecule has 0 aromatic heterocycles. The number of hydrogen-bond donors (Lipinski definition) is 1. The highest BCUT2D eigenvalue weighted by Crippen LogP contribution is 2.35. The quantitative estimate of drug-likeness (QED) is 0.665. The Hall–Kier alpha value is -0.0800. The number of piperidine rings is 1. The highest BCUT2D eigenvalue weighted by molar-refractivity contribution is 4.91. The van der Waals surface area contributed by atoms with Crippen LogP contribution in [0.25, 0.3) is 0 Å². The van der Waals surface area contributed by atoms with Gasteiger partial charge in [0.25, 0.3) is 0 Å². The molecule has 0 amide bonds. The fourth-order valence-corrected chi connectivity index (χ4v) is 2.87.